The molecule has 0 aliphatic heterocycles. The molecule has 3 heteroatoms. The lowest BCUT2D eigenvalue weighted by Crippen LogP contribution is -1.86. The van der Waals surface area contributed by atoms with Gasteiger partial charge in [0.15, 0.2) is 0 Å². The summed E-state index contributed by atoms with van der Waals surface area (Å²) in [6.45, 7) is 3.84. The molecule has 0 N–H and O–H groups in total. The Morgan fingerprint density at radius 1 is 1.75 bits per heavy atom. The lowest BCUT2D eigenvalue weighted by Gasteiger charge is -1.93. The van der Waals surface area contributed by atoms with Crippen LogP contribution < -0.4 is 0 Å². The molecule has 12 heavy (non-hydrogen) atoms. The predicted octanol–water partition coefficient (Wildman–Crippen LogP) is 1.66. The van der Waals surface area contributed by atoms with E-state index in [9.17, 15) is 0 Å². The fourth-order valence-electron chi connectivity index (χ4n) is 1.16. The quantitative estimate of drug-likeness (QED) is 0.588. The highest BCUT2D eigenvalue weighted by molar-refractivity contribution is 5.66. The molecule has 1 aromatic heterocycles. The van der Waals surface area contributed by atoms with Crippen LogP contribution in [0.4, 0.5) is 0 Å². The van der Waals surface area contributed by atoms with Crippen LogP contribution >= 0.6 is 0 Å². The predicted molar refractivity (Wildman–Crippen MR) is 47.2 cm³/mol. The standard InChI is InChI=1S/C9H11N3/c1-7(4-5-10)9-6-12(3)11-8(9)2/h4,6H,1-3H3. The smallest absolute Gasteiger partial charge is 0.0915 e. The summed E-state index contributed by atoms with van der Waals surface area (Å²) in [5.74, 6) is 0. The number of hydrogen-bond donors (Lipinski definition) is 0. The van der Waals surface area contributed by atoms with Crippen LogP contribution in [0.15, 0.2) is 12.3 Å². The molecule has 1 heterocycles. The summed E-state index contributed by atoms with van der Waals surface area (Å²) in [6.07, 6.45) is 3.45. The van der Waals surface area contributed by atoms with Gasteiger partial charge in [-0.15, -0.1) is 0 Å². The molecule has 0 fully saturated rings. The Morgan fingerprint density at radius 3 is 2.83 bits per heavy atom. The van der Waals surface area contributed by atoms with Gasteiger partial charge in [0.25, 0.3) is 0 Å². The highest BCUT2D eigenvalue weighted by Gasteiger charge is 2.03. The zero-order valence-electron chi connectivity index (χ0n) is 7.50. The van der Waals surface area contributed by atoms with Crippen LogP contribution in [0, 0.1) is 18.3 Å². The molecule has 0 saturated carbocycles. The first-order chi connectivity index (χ1) is 5.65. The van der Waals surface area contributed by atoms with Gasteiger partial charge in [-0.2, -0.15) is 10.4 Å². The molecule has 0 spiro atoms. The second-order valence-electron chi connectivity index (χ2n) is 2.76. The molecular formula is C9H11N3. The topological polar surface area (TPSA) is 41.6 Å². The number of hydrogen-bond acceptors (Lipinski definition) is 2. The summed E-state index contributed by atoms with van der Waals surface area (Å²) in [7, 11) is 1.87. The highest BCUT2D eigenvalue weighted by Crippen LogP contribution is 2.15. The first-order valence-corrected chi connectivity index (χ1v) is 3.72. The summed E-state index contributed by atoms with van der Waals surface area (Å²) in [6, 6.07) is 2.00. The van der Waals surface area contributed by atoms with E-state index in [0.29, 0.717) is 0 Å². The second-order valence-corrected chi connectivity index (χ2v) is 2.76. The largest absolute Gasteiger partial charge is 0.275 e. The van der Waals surface area contributed by atoms with Crippen LogP contribution in [-0.4, -0.2) is 9.78 Å². The molecule has 0 aliphatic rings. The van der Waals surface area contributed by atoms with Crippen molar-refractivity contribution in [2.45, 2.75) is 13.8 Å². The Balaban J connectivity index is 3.12. The lowest BCUT2D eigenvalue weighted by molar-refractivity contribution is 0.756. The van der Waals surface area contributed by atoms with Crippen molar-refractivity contribution < 1.29 is 0 Å². The number of nitriles is 1. The minimum atomic E-state index is 0.960. The van der Waals surface area contributed by atoms with Gasteiger partial charge in [-0.05, 0) is 19.4 Å². The zero-order chi connectivity index (χ0) is 9.14. The number of aromatic nitrogens is 2. The van der Waals surface area contributed by atoms with E-state index in [4.69, 9.17) is 5.26 Å². The molecular weight excluding hydrogens is 150 g/mol. The van der Waals surface area contributed by atoms with Crippen LogP contribution in [-0.2, 0) is 7.05 Å². The molecule has 0 saturated heterocycles. The van der Waals surface area contributed by atoms with Gasteiger partial charge in [-0.3, -0.25) is 4.68 Å². The van der Waals surface area contributed by atoms with Gasteiger partial charge in [0.2, 0.25) is 0 Å². The Bertz CT molecular complexity index is 352. The molecule has 0 amide bonds. The summed E-state index contributed by atoms with van der Waals surface area (Å²) < 4.78 is 1.75. The van der Waals surface area contributed by atoms with Crippen molar-refractivity contribution in [1.29, 1.82) is 5.26 Å². The van der Waals surface area contributed by atoms with Crippen LogP contribution in [0.5, 0.6) is 0 Å². The molecule has 0 bridgehead atoms. The van der Waals surface area contributed by atoms with E-state index in [2.05, 4.69) is 5.10 Å². The molecule has 0 aliphatic carbocycles. The second kappa shape index (κ2) is 3.22. The zero-order valence-corrected chi connectivity index (χ0v) is 7.50. The van der Waals surface area contributed by atoms with E-state index < -0.39 is 0 Å². The summed E-state index contributed by atoms with van der Waals surface area (Å²) in [4.78, 5) is 0. The van der Waals surface area contributed by atoms with Gasteiger partial charge in [0.1, 0.15) is 0 Å². The highest BCUT2D eigenvalue weighted by atomic mass is 15.2. The Hall–Kier alpha value is -1.56. The molecule has 62 valence electrons. The summed E-state index contributed by atoms with van der Waals surface area (Å²) in [5, 5.41) is 12.6. The van der Waals surface area contributed by atoms with Gasteiger partial charge in [0.05, 0.1) is 11.8 Å². The molecule has 0 aromatic carbocycles. The number of allylic oxidation sites excluding steroid dienone is 2. The van der Waals surface area contributed by atoms with Crippen LogP contribution in [0.1, 0.15) is 18.2 Å². The molecule has 1 rings (SSSR count). The first kappa shape index (κ1) is 8.54. The van der Waals surface area contributed by atoms with E-state index in [-0.39, 0.29) is 0 Å². The van der Waals surface area contributed by atoms with E-state index in [1.54, 1.807) is 4.68 Å². The fourth-order valence-corrected chi connectivity index (χ4v) is 1.16. The maximum absolute atomic E-state index is 8.44. The van der Waals surface area contributed by atoms with E-state index in [1.165, 1.54) is 6.08 Å². The van der Waals surface area contributed by atoms with Crippen LogP contribution in [0.25, 0.3) is 5.57 Å². The maximum atomic E-state index is 8.44. The average Bonchev–Trinajstić information content (AvgIpc) is 2.30. The van der Waals surface area contributed by atoms with Crippen LogP contribution in [0.3, 0.4) is 0 Å². The van der Waals surface area contributed by atoms with Crippen molar-refractivity contribution in [3.63, 3.8) is 0 Å². The minimum absolute atomic E-state index is 0.960. The van der Waals surface area contributed by atoms with E-state index in [1.807, 2.05) is 33.2 Å². The van der Waals surface area contributed by atoms with Crippen molar-refractivity contribution in [1.82, 2.24) is 9.78 Å². The number of aryl methyl sites for hydroxylation is 2. The molecule has 3 nitrogen and oxygen atoms in total. The monoisotopic (exact) mass is 161 g/mol. The summed E-state index contributed by atoms with van der Waals surface area (Å²) in [5.41, 5.74) is 2.96. The summed E-state index contributed by atoms with van der Waals surface area (Å²) >= 11 is 0. The Labute approximate surface area is 71.9 Å². The van der Waals surface area contributed by atoms with Gasteiger partial charge in [-0.25, -0.2) is 0 Å². The third-order valence-electron chi connectivity index (χ3n) is 1.72. The van der Waals surface area contributed by atoms with Gasteiger partial charge in [-0.1, -0.05) is 0 Å². The van der Waals surface area contributed by atoms with Crippen molar-refractivity contribution in [2.75, 3.05) is 0 Å². The Kier molecular flexibility index (Phi) is 2.29. The van der Waals surface area contributed by atoms with Gasteiger partial charge in [0, 0.05) is 24.9 Å². The Morgan fingerprint density at radius 2 is 2.42 bits per heavy atom. The van der Waals surface area contributed by atoms with Gasteiger partial charge >= 0.3 is 0 Å². The van der Waals surface area contributed by atoms with Crippen molar-refractivity contribution in [2.24, 2.45) is 7.05 Å². The van der Waals surface area contributed by atoms with Gasteiger partial charge < -0.3 is 0 Å². The third-order valence-corrected chi connectivity index (χ3v) is 1.72. The maximum Gasteiger partial charge on any atom is 0.0915 e. The molecule has 0 radical (unpaired) electrons. The van der Waals surface area contributed by atoms with E-state index >= 15 is 0 Å². The normalized spacial score (nSPS) is 11.3. The van der Waals surface area contributed by atoms with Crippen LogP contribution in [0.2, 0.25) is 0 Å². The third kappa shape index (κ3) is 1.54. The fraction of sp³-hybridized carbons (Fsp3) is 0.333. The SMILES string of the molecule is CC(=CC#N)c1cn(C)nc1C. The first-order valence-electron chi connectivity index (χ1n) is 3.72. The average molecular weight is 161 g/mol. The lowest BCUT2D eigenvalue weighted by atomic mass is 10.1. The van der Waals surface area contributed by atoms with E-state index in [0.717, 1.165) is 16.8 Å². The number of rotatable bonds is 1. The minimum Gasteiger partial charge on any atom is -0.275 e. The molecule has 0 unspecified atom stereocenters. The number of nitrogens with zero attached hydrogens (tertiary/aromatic N) is 3. The molecule has 0 atom stereocenters. The van der Waals surface area contributed by atoms with Crippen molar-refractivity contribution in [3.8, 4) is 6.07 Å². The molecule has 1 aromatic rings. The van der Waals surface area contributed by atoms with Crippen molar-refractivity contribution >= 4 is 5.57 Å². The van der Waals surface area contributed by atoms with Crippen molar-refractivity contribution in [3.05, 3.63) is 23.5 Å².